The highest BCUT2D eigenvalue weighted by Crippen LogP contribution is 2.56. The molecule has 15 rings (SSSR count). The molecule has 0 fully saturated rings. The summed E-state index contributed by atoms with van der Waals surface area (Å²) < 4.78 is 21.0. The topological polar surface area (TPSA) is 66.4 Å². The lowest BCUT2D eigenvalue weighted by Gasteiger charge is -2.33. The molecule has 0 N–H and O–H groups in total. The van der Waals surface area contributed by atoms with Crippen molar-refractivity contribution in [2.45, 2.75) is 18.6 Å². The summed E-state index contributed by atoms with van der Waals surface area (Å²) in [5.74, 6) is 1.65. The van der Waals surface area contributed by atoms with E-state index in [0.717, 1.165) is 81.4 Å². The van der Waals surface area contributed by atoms with Crippen molar-refractivity contribution in [3.63, 3.8) is 0 Å². The largest absolute Gasteiger partial charge is 0.488 e. The van der Waals surface area contributed by atoms with E-state index in [1.54, 1.807) is 34.0 Å². The molecule has 1 aliphatic rings. The Hall–Kier alpha value is -10.6. The molecule has 3 aromatic heterocycles. The Labute approximate surface area is 531 Å². The van der Waals surface area contributed by atoms with Crippen LogP contribution in [0.3, 0.4) is 0 Å². The molecule has 6 nitrogen and oxygen atoms in total. The maximum atomic E-state index is 6.09. The standard InChI is InChI=1S/C27H20.C22H17NOS.C16H13NOS.C15H11NOS/c1-2-20-16-18-22(19-17-20)27(21-10-4-3-5-11-21)25-14-8-6-12-23(25)24-13-7-9-15-26(24)27;1-2-16-11-13-17(14-12-16)15-24-20-9-5-3-7-18(20)22-23-19-8-4-6-10-21(19)25-22;1-2-12-7-9-13(10-8-12)11-18-16-17-14-5-3-4-6-15(14)19-16;1-2-11-7-9-12(10-8-11)17-15-16-13-5-3-4-6-14(13)18-15/h2-19H,1H2;2-14H,1,15H2;2-10H,1,11H2;2-10H,1H2. The molecule has 0 bridgehead atoms. The molecule has 3 heterocycles. The second kappa shape index (κ2) is 27.9. The number of hydrogen-bond donors (Lipinski definition) is 0. The summed E-state index contributed by atoms with van der Waals surface area (Å²) >= 11 is 4.81. The van der Waals surface area contributed by atoms with Gasteiger partial charge in [0.2, 0.25) is 0 Å². The van der Waals surface area contributed by atoms with Crippen LogP contribution < -0.4 is 14.2 Å². The van der Waals surface area contributed by atoms with Crippen LogP contribution in [-0.2, 0) is 18.6 Å². The van der Waals surface area contributed by atoms with Crippen LogP contribution in [0.25, 0.3) is 76.7 Å². The summed E-state index contributed by atoms with van der Waals surface area (Å²) in [4.78, 5) is 13.6. The second-order valence-corrected chi connectivity index (χ2v) is 23.8. The van der Waals surface area contributed by atoms with Gasteiger partial charge in [-0.05, 0) is 127 Å². The van der Waals surface area contributed by atoms with Gasteiger partial charge in [0.1, 0.15) is 29.7 Å². The smallest absolute Gasteiger partial charge is 0.279 e. The number of aromatic nitrogens is 3. The first-order valence-electron chi connectivity index (χ1n) is 29.1. The van der Waals surface area contributed by atoms with Crippen molar-refractivity contribution < 1.29 is 14.2 Å². The zero-order chi connectivity index (χ0) is 60.8. The third kappa shape index (κ3) is 13.4. The number of thiazole rings is 3. The number of nitrogens with zero attached hydrogens (tertiary/aromatic N) is 3. The number of fused-ring (bicyclic) bond motifs is 6. The molecule has 14 aromatic rings. The number of benzene rings is 11. The summed E-state index contributed by atoms with van der Waals surface area (Å²) in [5, 5.41) is 2.37. The molecule has 0 amide bonds. The van der Waals surface area contributed by atoms with Crippen molar-refractivity contribution in [3.05, 3.63) is 355 Å². The van der Waals surface area contributed by atoms with Crippen LogP contribution in [0, 0.1) is 0 Å². The van der Waals surface area contributed by atoms with Gasteiger partial charge in [-0.3, -0.25) is 0 Å². The molecule has 0 radical (unpaired) electrons. The highest BCUT2D eigenvalue weighted by Gasteiger charge is 2.45. The first-order chi connectivity index (χ1) is 43.9. The molecule has 0 unspecified atom stereocenters. The maximum Gasteiger partial charge on any atom is 0.279 e. The van der Waals surface area contributed by atoms with Crippen molar-refractivity contribution in [2.75, 3.05) is 0 Å². The van der Waals surface area contributed by atoms with Crippen molar-refractivity contribution in [1.29, 1.82) is 0 Å². The number of hydrogen-bond acceptors (Lipinski definition) is 9. The molecule has 11 aromatic carbocycles. The van der Waals surface area contributed by atoms with Crippen LogP contribution in [0.15, 0.2) is 299 Å². The zero-order valence-corrected chi connectivity index (χ0v) is 51.3. The third-order valence-electron chi connectivity index (χ3n) is 15.2. The van der Waals surface area contributed by atoms with Gasteiger partial charge in [-0.2, -0.15) is 0 Å². The minimum atomic E-state index is -0.297. The Bertz CT molecular complexity index is 4580. The normalized spacial score (nSPS) is 11.5. The lowest BCUT2D eigenvalue weighted by atomic mass is 9.67. The van der Waals surface area contributed by atoms with Gasteiger partial charge < -0.3 is 14.2 Å². The molecule has 9 heteroatoms. The van der Waals surface area contributed by atoms with Crippen LogP contribution >= 0.6 is 34.0 Å². The second-order valence-electron chi connectivity index (χ2n) is 20.8. The molecule has 89 heavy (non-hydrogen) atoms. The SMILES string of the molecule is C=Cc1ccc(C2(c3ccccc3)c3ccccc3-c3ccccc32)cc1.C=Cc1ccc(COc2ccccc2-c2nc3ccccc3s2)cc1.C=Cc1ccc(COc2nc3ccccc3s2)cc1.C=Cc1ccc(Oc2nc3ccccc3s2)cc1. The Morgan fingerprint density at radius 1 is 0.337 bits per heavy atom. The summed E-state index contributed by atoms with van der Waals surface area (Å²) in [6.45, 7) is 16.2. The summed E-state index contributed by atoms with van der Waals surface area (Å²) in [6.07, 6.45) is 7.38. The van der Waals surface area contributed by atoms with E-state index in [1.165, 1.54) is 38.1 Å². The van der Waals surface area contributed by atoms with E-state index in [1.807, 2.05) is 164 Å². The first kappa shape index (κ1) is 58.8. The van der Waals surface area contributed by atoms with Crippen molar-refractivity contribution in [2.24, 2.45) is 0 Å². The molecule has 0 atom stereocenters. The Morgan fingerprint density at radius 2 is 0.730 bits per heavy atom. The highest BCUT2D eigenvalue weighted by atomic mass is 32.1. The van der Waals surface area contributed by atoms with Crippen LogP contribution in [0.4, 0.5) is 0 Å². The molecule has 0 aliphatic heterocycles. The van der Waals surface area contributed by atoms with Gasteiger partial charge in [0, 0.05) is 0 Å². The Kier molecular flexibility index (Phi) is 18.4. The Morgan fingerprint density at radius 3 is 1.25 bits per heavy atom. The summed E-state index contributed by atoms with van der Waals surface area (Å²) in [6, 6.07) is 93.8. The number of rotatable bonds is 15. The molecule has 432 valence electrons. The highest BCUT2D eigenvalue weighted by molar-refractivity contribution is 7.21. The van der Waals surface area contributed by atoms with Gasteiger partial charge in [-0.1, -0.05) is 286 Å². The predicted octanol–water partition coefficient (Wildman–Crippen LogP) is 22.1. The monoisotopic (exact) mass is 1210 g/mol. The van der Waals surface area contributed by atoms with Crippen LogP contribution in [0.5, 0.6) is 21.9 Å². The minimum absolute atomic E-state index is 0.297. The van der Waals surface area contributed by atoms with E-state index in [-0.39, 0.29) is 5.41 Å². The average molecular weight is 1210 g/mol. The molecule has 1 aliphatic carbocycles. The van der Waals surface area contributed by atoms with Gasteiger partial charge in [-0.15, -0.1) is 11.3 Å². The minimum Gasteiger partial charge on any atom is -0.488 e. The van der Waals surface area contributed by atoms with E-state index < -0.39 is 0 Å². The maximum absolute atomic E-state index is 6.09. The first-order valence-corrected chi connectivity index (χ1v) is 31.6. The van der Waals surface area contributed by atoms with E-state index >= 15 is 0 Å². The zero-order valence-electron chi connectivity index (χ0n) is 48.8. The van der Waals surface area contributed by atoms with Crippen molar-refractivity contribution in [1.82, 2.24) is 15.0 Å². The van der Waals surface area contributed by atoms with Gasteiger partial charge in [0.15, 0.2) is 0 Å². The lowest BCUT2D eigenvalue weighted by Crippen LogP contribution is -2.28. The molecule has 0 spiro atoms. The van der Waals surface area contributed by atoms with E-state index in [2.05, 4.69) is 170 Å². The summed E-state index contributed by atoms with van der Waals surface area (Å²) in [7, 11) is 0. The van der Waals surface area contributed by atoms with Gasteiger partial charge in [-0.25, -0.2) is 15.0 Å². The van der Waals surface area contributed by atoms with Crippen molar-refractivity contribution in [3.8, 4) is 43.6 Å². The van der Waals surface area contributed by atoms with E-state index in [4.69, 9.17) is 19.2 Å². The van der Waals surface area contributed by atoms with E-state index in [0.29, 0.717) is 23.6 Å². The molecular formula is C80H61N3O3S3. The molecular weight excluding hydrogens is 1150 g/mol. The van der Waals surface area contributed by atoms with Crippen molar-refractivity contribution >= 4 is 89.0 Å². The van der Waals surface area contributed by atoms with Gasteiger partial charge in [0.25, 0.3) is 10.4 Å². The van der Waals surface area contributed by atoms with Crippen LogP contribution in [0.1, 0.15) is 55.6 Å². The summed E-state index contributed by atoms with van der Waals surface area (Å²) in [5.41, 5.74) is 18.4. The number of para-hydroxylation sites is 4. The fourth-order valence-corrected chi connectivity index (χ4v) is 13.4. The van der Waals surface area contributed by atoms with Gasteiger partial charge >= 0.3 is 0 Å². The quantitative estimate of drug-likeness (QED) is 0.102. The fraction of sp³-hybridized carbons (Fsp3) is 0.0375. The Balaban J connectivity index is 0.000000117. The predicted molar refractivity (Wildman–Crippen MR) is 376 cm³/mol. The molecule has 0 saturated carbocycles. The van der Waals surface area contributed by atoms with Gasteiger partial charge in [0.05, 0.1) is 41.6 Å². The fourth-order valence-electron chi connectivity index (χ4n) is 10.7. The number of ether oxygens (including phenoxy) is 3. The van der Waals surface area contributed by atoms with Crippen LogP contribution in [-0.4, -0.2) is 15.0 Å². The third-order valence-corrected chi connectivity index (χ3v) is 18.1. The van der Waals surface area contributed by atoms with E-state index in [9.17, 15) is 0 Å². The average Bonchev–Trinajstić information content (AvgIpc) is 1.61. The molecule has 0 saturated heterocycles. The lowest BCUT2D eigenvalue weighted by molar-refractivity contribution is 0.305. The van der Waals surface area contributed by atoms with Crippen LogP contribution in [0.2, 0.25) is 0 Å².